The lowest BCUT2D eigenvalue weighted by molar-refractivity contribution is -0.138. The first kappa shape index (κ1) is 15.2. The molecule has 1 heterocycles. The zero-order valence-corrected chi connectivity index (χ0v) is 12.6. The summed E-state index contributed by atoms with van der Waals surface area (Å²) in [6.45, 7) is -0.0329. The Kier molecular flexibility index (Phi) is 5.04. The molecule has 2 N–H and O–H groups in total. The molecule has 2 aromatic rings. The maximum Gasteiger partial charge on any atom is 0.325 e. The number of carboxylic acid groups (broad SMARTS) is 1. The molecule has 0 bridgehead atoms. The summed E-state index contributed by atoms with van der Waals surface area (Å²) >= 11 is 3.33. The zero-order valence-electron chi connectivity index (χ0n) is 11.0. The molecule has 1 aromatic carbocycles. The lowest BCUT2D eigenvalue weighted by Crippen LogP contribution is -2.24. The zero-order chi connectivity index (χ0) is 15.2. The number of nitrogens with zero attached hydrogens (tertiary/aromatic N) is 3. The predicted octanol–water partition coefficient (Wildman–Crippen LogP) is 0.984. The van der Waals surface area contributed by atoms with Gasteiger partial charge in [0.2, 0.25) is 5.91 Å². The quantitative estimate of drug-likeness (QED) is 0.807. The Morgan fingerprint density at radius 3 is 2.67 bits per heavy atom. The molecule has 21 heavy (non-hydrogen) atoms. The third-order valence-electron chi connectivity index (χ3n) is 2.63. The number of hydrogen-bond donors (Lipinski definition) is 2. The van der Waals surface area contributed by atoms with Crippen LogP contribution in [0.4, 0.5) is 0 Å². The van der Waals surface area contributed by atoms with E-state index in [0.717, 1.165) is 10.0 Å². The Labute approximate surface area is 129 Å². The second kappa shape index (κ2) is 6.98. The van der Waals surface area contributed by atoms with Crippen LogP contribution in [-0.4, -0.2) is 32.0 Å². The molecule has 0 aliphatic carbocycles. The van der Waals surface area contributed by atoms with Crippen LogP contribution in [0.5, 0.6) is 0 Å². The molecule has 0 unspecified atom stereocenters. The van der Waals surface area contributed by atoms with Gasteiger partial charge in [-0.25, -0.2) is 4.68 Å². The normalized spacial score (nSPS) is 10.3. The maximum absolute atomic E-state index is 11.8. The van der Waals surface area contributed by atoms with Crippen LogP contribution in [0.25, 0.3) is 0 Å². The van der Waals surface area contributed by atoms with Gasteiger partial charge in [0.1, 0.15) is 12.2 Å². The predicted molar refractivity (Wildman–Crippen MR) is 77.4 cm³/mol. The summed E-state index contributed by atoms with van der Waals surface area (Å²) in [6.07, 6.45) is 1.77. The summed E-state index contributed by atoms with van der Waals surface area (Å²) in [5.41, 5.74) is 1.42. The van der Waals surface area contributed by atoms with Crippen molar-refractivity contribution in [3.05, 3.63) is 46.2 Å². The minimum atomic E-state index is -0.995. The fourth-order valence-electron chi connectivity index (χ4n) is 1.67. The molecule has 0 saturated carbocycles. The number of carbonyl (C=O) groups excluding carboxylic acids is 1. The average molecular weight is 353 g/mol. The van der Waals surface area contributed by atoms with E-state index < -0.39 is 5.97 Å². The number of nitrogens with one attached hydrogen (secondary N) is 1. The van der Waals surface area contributed by atoms with Crippen LogP contribution in [0.3, 0.4) is 0 Å². The fourth-order valence-corrected chi connectivity index (χ4v) is 1.94. The lowest BCUT2D eigenvalue weighted by Gasteiger charge is -2.03. The molecule has 2 rings (SSSR count). The van der Waals surface area contributed by atoms with E-state index in [0.29, 0.717) is 5.69 Å². The Bertz CT molecular complexity index is 639. The SMILES string of the molecule is O=C(O)Cn1cc(CNC(=O)Cc2ccc(Br)cc2)nn1. The van der Waals surface area contributed by atoms with Crippen LogP contribution in [0.1, 0.15) is 11.3 Å². The third kappa shape index (κ3) is 4.99. The van der Waals surface area contributed by atoms with Crippen molar-refractivity contribution >= 4 is 27.8 Å². The Morgan fingerprint density at radius 2 is 2.00 bits per heavy atom. The molecule has 1 aromatic heterocycles. The second-order valence-corrected chi connectivity index (χ2v) is 5.30. The highest BCUT2D eigenvalue weighted by atomic mass is 79.9. The molecule has 0 aliphatic heterocycles. The van der Waals surface area contributed by atoms with Crippen LogP contribution in [0, 0.1) is 0 Å². The van der Waals surface area contributed by atoms with Crippen LogP contribution in [0.15, 0.2) is 34.9 Å². The average Bonchev–Trinajstić information content (AvgIpc) is 2.86. The first-order chi connectivity index (χ1) is 10.0. The molecule has 110 valence electrons. The van der Waals surface area contributed by atoms with E-state index >= 15 is 0 Å². The molecule has 7 nitrogen and oxygen atoms in total. The third-order valence-corrected chi connectivity index (χ3v) is 3.16. The van der Waals surface area contributed by atoms with Crippen LogP contribution in [-0.2, 0) is 29.1 Å². The number of benzene rings is 1. The van der Waals surface area contributed by atoms with Crippen molar-refractivity contribution < 1.29 is 14.7 Å². The molecule has 1 amide bonds. The minimum Gasteiger partial charge on any atom is -0.480 e. The van der Waals surface area contributed by atoms with Crippen molar-refractivity contribution in [3.63, 3.8) is 0 Å². The van der Waals surface area contributed by atoms with E-state index in [1.807, 2.05) is 24.3 Å². The smallest absolute Gasteiger partial charge is 0.325 e. The number of aromatic nitrogens is 3. The van der Waals surface area contributed by atoms with E-state index in [-0.39, 0.29) is 25.4 Å². The van der Waals surface area contributed by atoms with Crippen molar-refractivity contribution in [1.29, 1.82) is 0 Å². The molecule has 0 spiro atoms. The standard InChI is InChI=1S/C13H13BrN4O3/c14-10-3-1-9(2-4-10)5-12(19)15-6-11-7-18(17-16-11)8-13(20)21/h1-4,7H,5-6,8H2,(H,15,19)(H,20,21). The van der Waals surface area contributed by atoms with Gasteiger partial charge in [-0.3, -0.25) is 9.59 Å². The van der Waals surface area contributed by atoms with E-state index in [4.69, 9.17) is 5.11 Å². The maximum atomic E-state index is 11.8. The molecule has 8 heteroatoms. The molecule has 0 atom stereocenters. The van der Waals surface area contributed by atoms with E-state index in [2.05, 4.69) is 31.6 Å². The molecular formula is C13H13BrN4O3. The van der Waals surface area contributed by atoms with Gasteiger partial charge in [-0.1, -0.05) is 33.3 Å². The minimum absolute atomic E-state index is 0.134. The summed E-state index contributed by atoms with van der Waals surface area (Å²) in [6, 6.07) is 7.49. The molecule has 0 fully saturated rings. The van der Waals surface area contributed by atoms with Gasteiger partial charge in [0, 0.05) is 4.47 Å². The molecule has 0 saturated heterocycles. The van der Waals surface area contributed by atoms with Crippen molar-refractivity contribution in [2.24, 2.45) is 0 Å². The van der Waals surface area contributed by atoms with Crippen molar-refractivity contribution in [1.82, 2.24) is 20.3 Å². The van der Waals surface area contributed by atoms with Gasteiger partial charge >= 0.3 is 5.97 Å². The number of carbonyl (C=O) groups is 2. The summed E-state index contributed by atoms with van der Waals surface area (Å²) in [5, 5.41) is 18.8. The Balaban J connectivity index is 1.82. The van der Waals surface area contributed by atoms with E-state index in [1.165, 1.54) is 10.9 Å². The second-order valence-electron chi connectivity index (χ2n) is 4.38. The fraction of sp³-hybridized carbons (Fsp3) is 0.231. The highest BCUT2D eigenvalue weighted by molar-refractivity contribution is 9.10. The first-order valence-corrected chi connectivity index (χ1v) is 6.94. The van der Waals surface area contributed by atoms with Gasteiger partial charge < -0.3 is 10.4 Å². The summed E-state index contributed by atoms with van der Waals surface area (Å²) in [4.78, 5) is 22.3. The van der Waals surface area contributed by atoms with Crippen LogP contribution in [0.2, 0.25) is 0 Å². The van der Waals surface area contributed by atoms with Gasteiger partial charge in [0.15, 0.2) is 0 Å². The number of hydrogen-bond acceptors (Lipinski definition) is 4. The van der Waals surface area contributed by atoms with Crippen molar-refractivity contribution in [2.75, 3.05) is 0 Å². The van der Waals surface area contributed by atoms with Crippen molar-refractivity contribution in [2.45, 2.75) is 19.5 Å². The van der Waals surface area contributed by atoms with Crippen molar-refractivity contribution in [3.8, 4) is 0 Å². The van der Waals surface area contributed by atoms with Gasteiger partial charge in [-0.15, -0.1) is 5.10 Å². The Morgan fingerprint density at radius 1 is 1.29 bits per heavy atom. The highest BCUT2D eigenvalue weighted by Gasteiger charge is 2.07. The lowest BCUT2D eigenvalue weighted by atomic mass is 10.1. The molecule has 0 aliphatic rings. The van der Waals surface area contributed by atoms with Crippen LogP contribution < -0.4 is 5.32 Å². The van der Waals surface area contributed by atoms with Gasteiger partial charge in [0.25, 0.3) is 0 Å². The van der Waals surface area contributed by atoms with E-state index in [1.54, 1.807) is 0 Å². The number of aliphatic carboxylic acids is 1. The van der Waals surface area contributed by atoms with Gasteiger partial charge in [-0.05, 0) is 17.7 Å². The first-order valence-electron chi connectivity index (χ1n) is 6.15. The van der Waals surface area contributed by atoms with Crippen LogP contribution >= 0.6 is 15.9 Å². The monoisotopic (exact) mass is 352 g/mol. The number of rotatable bonds is 6. The topological polar surface area (TPSA) is 97.1 Å². The van der Waals surface area contributed by atoms with Gasteiger partial charge in [0.05, 0.1) is 19.2 Å². The number of halogens is 1. The highest BCUT2D eigenvalue weighted by Crippen LogP contribution is 2.10. The molecule has 0 radical (unpaired) electrons. The van der Waals surface area contributed by atoms with E-state index in [9.17, 15) is 9.59 Å². The number of amides is 1. The molecular weight excluding hydrogens is 340 g/mol. The summed E-state index contributed by atoms with van der Waals surface area (Å²) in [7, 11) is 0. The summed E-state index contributed by atoms with van der Waals surface area (Å²) in [5.74, 6) is -1.13. The largest absolute Gasteiger partial charge is 0.480 e. The Hall–Kier alpha value is -2.22. The summed E-state index contributed by atoms with van der Waals surface area (Å²) < 4.78 is 2.17. The number of carboxylic acids is 1. The van der Waals surface area contributed by atoms with Gasteiger partial charge in [-0.2, -0.15) is 0 Å².